The van der Waals surface area contributed by atoms with Gasteiger partial charge < -0.3 is 10.0 Å². The van der Waals surface area contributed by atoms with Crippen LogP contribution in [0.3, 0.4) is 0 Å². The van der Waals surface area contributed by atoms with E-state index >= 15 is 0 Å². The van der Waals surface area contributed by atoms with Gasteiger partial charge in [-0.3, -0.25) is 4.79 Å². The summed E-state index contributed by atoms with van der Waals surface area (Å²) in [6.45, 7) is 2.88. The minimum Gasteiger partial charge on any atom is -0.481 e. The van der Waals surface area contributed by atoms with E-state index in [9.17, 15) is 4.79 Å². The predicted molar refractivity (Wildman–Crippen MR) is 68.6 cm³/mol. The van der Waals surface area contributed by atoms with Crippen LogP contribution in [0.15, 0.2) is 12.4 Å². The van der Waals surface area contributed by atoms with E-state index in [1.165, 1.54) is 0 Å². The van der Waals surface area contributed by atoms with Crippen LogP contribution in [-0.2, 0) is 4.79 Å². The van der Waals surface area contributed by atoms with E-state index in [-0.39, 0.29) is 12.5 Å². The van der Waals surface area contributed by atoms with Gasteiger partial charge in [0.1, 0.15) is 0 Å². The first-order chi connectivity index (χ1) is 8.66. The number of carboxylic acid groups (broad SMARTS) is 1. The molecule has 0 amide bonds. The molecule has 1 fully saturated rings. The molecule has 0 aromatic carbocycles. The maximum absolute atomic E-state index is 10.7. The van der Waals surface area contributed by atoms with Gasteiger partial charge in [0.15, 0.2) is 0 Å². The average Bonchev–Trinajstić information content (AvgIpc) is 2.38. The fraction of sp³-hybridized carbons (Fsp3) is 0.615. The van der Waals surface area contributed by atoms with Gasteiger partial charge in [-0.15, -0.1) is 0 Å². The number of aliphatic carboxylic acids is 1. The SMILES string of the molecule is Cc1cnc(N2CCCCC2CCC(=O)O)nc1. The molecule has 0 saturated carbocycles. The maximum Gasteiger partial charge on any atom is 0.303 e. The Kier molecular flexibility index (Phi) is 4.12. The molecule has 0 bridgehead atoms. The van der Waals surface area contributed by atoms with E-state index in [1.54, 1.807) is 0 Å². The van der Waals surface area contributed by atoms with Gasteiger partial charge >= 0.3 is 5.97 Å². The number of hydrogen-bond acceptors (Lipinski definition) is 4. The smallest absolute Gasteiger partial charge is 0.303 e. The molecule has 1 atom stereocenters. The minimum absolute atomic E-state index is 0.215. The van der Waals surface area contributed by atoms with Crippen molar-refractivity contribution in [1.29, 1.82) is 0 Å². The molecule has 1 saturated heterocycles. The molecule has 0 spiro atoms. The summed E-state index contributed by atoms with van der Waals surface area (Å²) in [6.07, 6.45) is 7.83. The molecule has 2 rings (SSSR count). The number of hydrogen-bond donors (Lipinski definition) is 1. The number of aromatic nitrogens is 2. The van der Waals surface area contributed by atoms with Crippen molar-refractivity contribution < 1.29 is 9.90 Å². The van der Waals surface area contributed by atoms with Crippen molar-refractivity contribution >= 4 is 11.9 Å². The third-order valence-corrected chi connectivity index (χ3v) is 3.34. The van der Waals surface area contributed by atoms with Gasteiger partial charge in [-0.2, -0.15) is 0 Å². The van der Waals surface area contributed by atoms with Crippen molar-refractivity contribution in [1.82, 2.24) is 9.97 Å². The number of piperidine rings is 1. The summed E-state index contributed by atoms with van der Waals surface area (Å²) in [4.78, 5) is 21.5. The van der Waals surface area contributed by atoms with Crippen molar-refractivity contribution in [2.75, 3.05) is 11.4 Å². The largest absolute Gasteiger partial charge is 0.481 e. The topological polar surface area (TPSA) is 66.3 Å². The second kappa shape index (κ2) is 5.80. The van der Waals surface area contributed by atoms with Crippen LogP contribution in [0.1, 0.15) is 37.7 Å². The van der Waals surface area contributed by atoms with Gasteiger partial charge in [0.2, 0.25) is 5.95 Å². The summed E-state index contributed by atoms with van der Waals surface area (Å²) in [6, 6.07) is 0.262. The summed E-state index contributed by atoms with van der Waals surface area (Å²) in [5.74, 6) is 0.000960. The van der Waals surface area contributed by atoms with Gasteiger partial charge in [-0.25, -0.2) is 9.97 Å². The molecule has 1 aliphatic rings. The molecule has 0 aliphatic carbocycles. The molecule has 2 heterocycles. The molecule has 1 unspecified atom stereocenters. The lowest BCUT2D eigenvalue weighted by Gasteiger charge is -2.35. The highest BCUT2D eigenvalue weighted by molar-refractivity contribution is 5.66. The second-order valence-electron chi connectivity index (χ2n) is 4.84. The molecule has 1 aromatic heterocycles. The number of nitrogens with zero attached hydrogens (tertiary/aromatic N) is 3. The monoisotopic (exact) mass is 249 g/mol. The van der Waals surface area contributed by atoms with Crippen molar-refractivity contribution in [3.8, 4) is 0 Å². The van der Waals surface area contributed by atoms with Crippen LogP contribution in [0, 0.1) is 6.92 Å². The highest BCUT2D eigenvalue weighted by atomic mass is 16.4. The first-order valence-corrected chi connectivity index (χ1v) is 6.44. The van der Waals surface area contributed by atoms with Crippen LogP contribution in [0.5, 0.6) is 0 Å². The summed E-state index contributed by atoms with van der Waals surface area (Å²) < 4.78 is 0. The third kappa shape index (κ3) is 3.18. The van der Waals surface area contributed by atoms with Crippen molar-refractivity contribution in [3.05, 3.63) is 18.0 Å². The lowest BCUT2D eigenvalue weighted by atomic mass is 9.98. The second-order valence-corrected chi connectivity index (χ2v) is 4.84. The van der Waals surface area contributed by atoms with E-state index in [0.29, 0.717) is 6.42 Å². The van der Waals surface area contributed by atoms with Crippen LogP contribution in [0.25, 0.3) is 0 Å². The maximum atomic E-state index is 10.7. The Bertz CT molecular complexity index is 405. The highest BCUT2D eigenvalue weighted by Gasteiger charge is 2.24. The molecule has 0 radical (unpaired) electrons. The molecular weight excluding hydrogens is 230 g/mol. The summed E-state index contributed by atoms with van der Waals surface area (Å²) >= 11 is 0. The normalized spacial score (nSPS) is 19.8. The van der Waals surface area contributed by atoms with Crippen molar-refractivity contribution in [2.24, 2.45) is 0 Å². The Labute approximate surface area is 107 Å². The molecule has 1 aromatic rings. The van der Waals surface area contributed by atoms with Crippen molar-refractivity contribution in [2.45, 2.75) is 45.1 Å². The third-order valence-electron chi connectivity index (χ3n) is 3.34. The van der Waals surface area contributed by atoms with Gasteiger partial charge in [-0.1, -0.05) is 0 Å². The van der Waals surface area contributed by atoms with Crippen LogP contribution >= 0.6 is 0 Å². The fourth-order valence-electron chi connectivity index (χ4n) is 2.39. The first kappa shape index (κ1) is 12.8. The fourth-order valence-corrected chi connectivity index (χ4v) is 2.39. The Morgan fingerprint density at radius 3 is 2.83 bits per heavy atom. The zero-order valence-electron chi connectivity index (χ0n) is 10.7. The Morgan fingerprint density at radius 1 is 1.44 bits per heavy atom. The lowest BCUT2D eigenvalue weighted by molar-refractivity contribution is -0.137. The molecule has 1 N–H and O–H groups in total. The Balaban J connectivity index is 2.07. The quantitative estimate of drug-likeness (QED) is 0.884. The van der Waals surface area contributed by atoms with Gasteiger partial charge in [-0.05, 0) is 38.2 Å². The van der Waals surface area contributed by atoms with Crippen LogP contribution < -0.4 is 4.90 Å². The van der Waals surface area contributed by atoms with E-state index in [2.05, 4.69) is 14.9 Å². The first-order valence-electron chi connectivity index (χ1n) is 6.44. The van der Waals surface area contributed by atoms with Gasteiger partial charge in [0.05, 0.1) is 0 Å². The molecule has 5 heteroatoms. The minimum atomic E-state index is -0.731. The van der Waals surface area contributed by atoms with Crippen LogP contribution in [-0.4, -0.2) is 33.6 Å². The molecular formula is C13H19N3O2. The van der Waals surface area contributed by atoms with E-state index in [0.717, 1.165) is 37.3 Å². The zero-order chi connectivity index (χ0) is 13.0. The molecule has 1 aliphatic heterocycles. The number of rotatable bonds is 4. The van der Waals surface area contributed by atoms with Crippen LogP contribution in [0.2, 0.25) is 0 Å². The lowest BCUT2D eigenvalue weighted by Crippen LogP contribution is -2.40. The van der Waals surface area contributed by atoms with Crippen LogP contribution in [0.4, 0.5) is 5.95 Å². The summed E-state index contributed by atoms with van der Waals surface area (Å²) in [7, 11) is 0. The summed E-state index contributed by atoms with van der Waals surface area (Å²) in [5, 5.41) is 8.79. The number of carboxylic acids is 1. The number of aryl methyl sites for hydroxylation is 1. The molecule has 98 valence electrons. The standard InChI is InChI=1S/C13H19N3O2/c1-10-8-14-13(15-9-10)16-7-3-2-4-11(16)5-6-12(17)18/h8-9,11H,2-7H2,1H3,(H,17,18). The van der Waals surface area contributed by atoms with Gasteiger partial charge in [0.25, 0.3) is 0 Å². The highest BCUT2D eigenvalue weighted by Crippen LogP contribution is 2.24. The Morgan fingerprint density at radius 2 is 2.17 bits per heavy atom. The van der Waals surface area contributed by atoms with E-state index in [1.807, 2.05) is 19.3 Å². The van der Waals surface area contributed by atoms with E-state index in [4.69, 9.17) is 5.11 Å². The number of anilines is 1. The van der Waals surface area contributed by atoms with Crippen molar-refractivity contribution in [3.63, 3.8) is 0 Å². The Hall–Kier alpha value is -1.65. The van der Waals surface area contributed by atoms with E-state index < -0.39 is 5.97 Å². The van der Waals surface area contributed by atoms with Gasteiger partial charge in [0, 0.05) is 31.4 Å². The number of carbonyl (C=O) groups is 1. The average molecular weight is 249 g/mol. The molecule has 18 heavy (non-hydrogen) atoms. The summed E-state index contributed by atoms with van der Waals surface area (Å²) in [5.41, 5.74) is 1.04. The predicted octanol–water partition coefficient (Wildman–Crippen LogP) is 2.01. The molecule has 5 nitrogen and oxygen atoms in total. The zero-order valence-corrected chi connectivity index (χ0v) is 10.7.